The Bertz CT molecular complexity index is 1240. The van der Waals surface area contributed by atoms with Gasteiger partial charge in [0.05, 0.1) is 10.7 Å². The van der Waals surface area contributed by atoms with Gasteiger partial charge in [0.1, 0.15) is 29.7 Å². The molecule has 0 unspecified atom stereocenters. The Morgan fingerprint density at radius 1 is 1.11 bits per heavy atom. The van der Waals surface area contributed by atoms with Gasteiger partial charge in [0.2, 0.25) is 5.91 Å². The molecule has 0 saturated carbocycles. The Labute approximate surface area is 223 Å². The standard InChI is InChI=1S/C27H26Cl2F2N2O4/c28-18-12-21(30)26(22(31)13-18)33-11-10-27(36,24(34)15-33)16-37-19-7-8-20(29)23(14-19)32-25(35)9-6-17-4-2-1-3-5-17/h1-5,7-8,12-14,24,34,36H,6,9-11,15-16H2,(H,32,35)/t24-,27-/m1/s1. The lowest BCUT2D eigenvalue weighted by atomic mass is 9.89. The normalized spacial score (nSPS) is 19.5. The van der Waals surface area contributed by atoms with E-state index in [1.54, 1.807) is 12.1 Å². The number of hydrogen-bond acceptors (Lipinski definition) is 5. The molecule has 1 heterocycles. The van der Waals surface area contributed by atoms with Crippen LogP contribution in [0, 0.1) is 11.6 Å². The zero-order valence-electron chi connectivity index (χ0n) is 19.8. The third-order valence-corrected chi connectivity index (χ3v) is 6.86. The molecule has 3 aromatic carbocycles. The van der Waals surface area contributed by atoms with Crippen molar-refractivity contribution >= 4 is 40.5 Å². The van der Waals surface area contributed by atoms with Gasteiger partial charge in [0.25, 0.3) is 0 Å². The molecule has 3 aromatic rings. The number of piperidine rings is 1. The molecule has 0 spiro atoms. The summed E-state index contributed by atoms with van der Waals surface area (Å²) in [6.07, 6.45) is -0.512. The minimum absolute atomic E-state index is 0.00760. The summed E-state index contributed by atoms with van der Waals surface area (Å²) in [5, 5.41) is 24.6. The summed E-state index contributed by atoms with van der Waals surface area (Å²) in [6, 6.07) is 16.3. The maximum Gasteiger partial charge on any atom is 0.224 e. The average molecular weight is 551 g/mol. The van der Waals surface area contributed by atoms with Gasteiger partial charge in [-0.3, -0.25) is 4.79 Å². The van der Waals surface area contributed by atoms with Crippen LogP contribution in [0.15, 0.2) is 60.7 Å². The number of benzene rings is 3. The number of carbonyl (C=O) groups is 1. The molecule has 1 saturated heterocycles. The summed E-state index contributed by atoms with van der Waals surface area (Å²) >= 11 is 11.9. The van der Waals surface area contributed by atoms with Crippen molar-refractivity contribution in [3.63, 3.8) is 0 Å². The maximum atomic E-state index is 14.3. The van der Waals surface area contributed by atoms with Crippen LogP contribution in [-0.2, 0) is 11.2 Å². The van der Waals surface area contributed by atoms with Gasteiger partial charge >= 0.3 is 0 Å². The first kappa shape index (κ1) is 27.1. The molecule has 37 heavy (non-hydrogen) atoms. The van der Waals surface area contributed by atoms with Gasteiger partial charge in [-0.15, -0.1) is 0 Å². The van der Waals surface area contributed by atoms with Crippen LogP contribution in [0.4, 0.5) is 20.2 Å². The van der Waals surface area contributed by atoms with E-state index in [0.29, 0.717) is 22.9 Å². The molecule has 4 rings (SSSR count). The van der Waals surface area contributed by atoms with Gasteiger partial charge in [-0.1, -0.05) is 53.5 Å². The SMILES string of the molecule is O=C(CCc1ccccc1)Nc1cc(OC[C@]2(O)CCN(c3c(F)cc(Cl)cc3F)C[C@H]2O)ccc1Cl. The first-order valence-electron chi connectivity index (χ1n) is 11.7. The van der Waals surface area contributed by atoms with Gasteiger partial charge in [-0.05, 0) is 42.7 Å². The minimum atomic E-state index is -1.66. The summed E-state index contributed by atoms with van der Waals surface area (Å²) in [6.45, 7) is -0.412. The topological polar surface area (TPSA) is 82.0 Å². The van der Waals surface area contributed by atoms with Crippen molar-refractivity contribution in [2.24, 2.45) is 0 Å². The number of aliphatic hydroxyl groups is 2. The molecule has 0 bridgehead atoms. The number of aliphatic hydroxyl groups excluding tert-OH is 1. The summed E-state index contributed by atoms with van der Waals surface area (Å²) in [4.78, 5) is 13.7. The zero-order chi connectivity index (χ0) is 26.6. The first-order valence-corrected chi connectivity index (χ1v) is 12.5. The van der Waals surface area contributed by atoms with E-state index in [2.05, 4.69) is 5.32 Å². The second-order valence-electron chi connectivity index (χ2n) is 9.00. The quantitative estimate of drug-likeness (QED) is 0.358. The average Bonchev–Trinajstić information content (AvgIpc) is 2.86. The Hall–Kier alpha value is -2.91. The highest BCUT2D eigenvalue weighted by atomic mass is 35.5. The lowest BCUT2D eigenvalue weighted by molar-refractivity contribution is -0.116. The van der Waals surface area contributed by atoms with Crippen molar-refractivity contribution in [3.8, 4) is 5.75 Å². The first-order chi connectivity index (χ1) is 17.6. The molecule has 0 aliphatic carbocycles. The molecule has 6 nitrogen and oxygen atoms in total. The number of hydrogen-bond donors (Lipinski definition) is 3. The summed E-state index contributed by atoms with van der Waals surface area (Å²) in [7, 11) is 0. The van der Waals surface area contributed by atoms with Gasteiger partial charge in [0, 0.05) is 30.6 Å². The molecule has 3 N–H and O–H groups in total. The van der Waals surface area contributed by atoms with E-state index in [-0.39, 0.29) is 49.2 Å². The lowest BCUT2D eigenvalue weighted by Crippen LogP contribution is -2.58. The predicted octanol–water partition coefficient (Wildman–Crippen LogP) is 5.22. The molecule has 2 atom stereocenters. The highest BCUT2D eigenvalue weighted by molar-refractivity contribution is 6.33. The van der Waals surface area contributed by atoms with E-state index in [9.17, 15) is 23.8 Å². The highest BCUT2D eigenvalue weighted by Gasteiger charge is 2.42. The van der Waals surface area contributed by atoms with Crippen LogP contribution in [0.3, 0.4) is 0 Å². The fourth-order valence-electron chi connectivity index (χ4n) is 4.19. The number of anilines is 2. The van der Waals surface area contributed by atoms with Crippen molar-refractivity contribution in [1.29, 1.82) is 0 Å². The second kappa shape index (κ2) is 11.6. The molecule has 196 valence electrons. The smallest absolute Gasteiger partial charge is 0.224 e. The number of halogens is 4. The number of nitrogens with one attached hydrogen (secondary N) is 1. The van der Waals surface area contributed by atoms with Gasteiger partial charge in [0.15, 0.2) is 11.6 Å². The molecule has 1 aliphatic heterocycles. The Morgan fingerprint density at radius 3 is 2.49 bits per heavy atom. The largest absolute Gasteiger partial charge is 0.490 e. The van der Waals surface area contributed by atoms with Gasteiger partial charge < -0.3 is 25.2 Å². The Balaban J connectivity index is 1.35. The Morgan fingerprint density at radius 2 is 1.81 bits per heavy atom. The summed E-state index contributed by atoms with van der Waals surface area (Å²) in [5.41, 5.74) is -0.570. The van der Waals surface area contributed by atoms with Crippen LogP contribution >= 0.6 is 23.2 Å². The fourth-order valence-corrected chi connectivity index (χ4v) is 4.54. The van der Waals surface area contributed by atoms with Crippen LogP contribution in [0.5, 0.6) is 5.75 Å². The van der Waals surface area contributed by atoms with Crippen LogP contribution in [0.1, 0.15) is 18.4 Å². The predicted molar refractivity (Wildman–Crippen MR) is 139 cm³/mol. The number of β-amino-alcohol motifs (C(OH)–C–C–N with tert-alkyl or cyclic N) is 1. The third-order valence-electron chi connectivity index (χ3n) is 6.31. The number of rotatable bonds is 8. The number of ether oxygens (including phenoxy) is 1. The van der Waals surface area contributed by atoms with Crippen molar-refractivity contribution in [3.05, 3.63) is 87.9 Å². The van der Waals surface area contributed by atoms with Gasteiger partial charge in [-0.2, -0.15) is 0 Å². The molecule has 1 aliphatic rings. The summed E-state index contributed by atoms with van der Waals surface area (Å²) < 4.78 is 34.3. The third kappa shape index (κ3) is 6.70. The lowest BCUT2D eigenvalue weighted by Gasteiger charge is -2.42. The van der Waals surface area contributed by atoms with Crippen molar-refractivity contribution in [2.45, 2.75) is 31.0 Å². The zero-order valence-corrected chi connectivity index (χ0v) is 21.3. The molecule has 0 aromatic heterocycles. The number of carbonyl (C=O) groups excluding carboxylic acids is 1. The molecule has 10 heteroatoms. The summed E-state index contributed by atoms with van der Waals surface area (Å²) in [5.74, 6) is -1.59. The number of aryl methyl sites for hydroxylation is 1. The number of nitrogens with zero attached hydrogens (tertiary/aromatic N) is 1. The molecular formula is C27H26Cl2F2N2O4. The second-order valence-corrected chi connectivity index (χ2v) is 9.84. The molecular weight excluding hydrogens is 525 g/mol. The van der Waals surface area contributed by atoms with Crippen LogP contribution < -0.4 is 15.0 Å². The van der Waals surface area contributed by atoms with E-state index in [1.165, 1.54) is 11.0 Å². The molecule has 1 amide bonds. The molecule has 0 radical (unpaired) electrons. The van der Waals surface area contributed by atoms with Crippen molar-refractivity contribution < 1.29 is 28.5 Å². The van der Waals surface area contributed by atoms with Gasteiger partial charge in [-0.25, -0.2) is 8.78 Å². The van der Waals surface area contributed by atoms with Crippen LogP contribution in [0.25, 0.3) is 0 Å². The van der Waals surface area contributed by atoms with E-state index < -0.39 is 23.3 Å². The van der Waals surface area contributed by atoms with Crippen molar-refractivity contribution in [1.82, 2.24) is 0 Å². The van der Waals surface area contributed by atoms with E-state index in [0.717, 1.165) is 17.7 Å². The fraction of sp³-hybridized carbons (Fsp3) is 0.296. The Kier molecular flexibility index (Phi) is 8.54. The monoisotopic (exact) mass is 550 g/mol. The number of amides is 1. The van der Waals surface area contributed by atoms with Crippen molar-refractivity contribution in [2.75, 3.05) is 29.9 Å². The maximum absolute atomic E-state index is 14.3. The van der Waals surface area contributed by atoms with E-state index in [1.807, 2.05) is 30.3 Å². The van der Waals surface area contributed by atoms with E-state index >= 15 is 0 Å². The van der Waals surface area contributed by atoms with Crippen LogP contribution in [0.2, 0.25) is 10.0 Å². The minimum Gasteiger partial charge on any atom is -0.490 e. The highest BCUT2D eigenvalue weighted by Crippen LogP contribution is 2.33. The van der Waals surface area contributed by atoms with Crippen LogP contribution in [-0.4, -0.2) is 47.5 Å². The van der Waals surface area contributed by atoms with E-state index in [4.69, 9.17) is 27.9 Å². The molecule has 1 fully saturated rings.